The van der Waals surface area contributed by atoms with Crippen molar-refractivity contribution in [2.45, 2.75) is 32.4 Å². The lowest BCUT2D eigenvalue weighted by molar-refractivity contribution is 0.449. The first kappa shape index (κ1) is 12.8. The van der Waals surface area contributed by atoms with Crippen molar-refractivity contribution in [3.05, 3.63) is 46.8 Å². The van der Waals surface area contributed by atoms with Crippen LogP contribution in [0.2, 0.25) is 0 Å². The number of aromatic nitrogens is 1. The van der Waals surface area contributed by atoms with Gasteiger partial charge in [0, 0.05) is 18.7 Å². The highest BCUT2D eigenvalue weighted by molar-refractivity contribution is 5.78. The van der Waals surface area contributed by atoms with E-state index in [1.807, 2.05) is 41.9 Å². The quantitative estimate of drug-likeness (QED) is 0.876. The summed E-state index contributed by atoms with van der Waals surface area (Å²) >= 11 is 0. The Kier molecular flexibility index (Phi) is 4.15. The van der Waals surface area contributed by atoms with E-state index in [0.29, 0.717) is 6.04 Å². The molecule has 1 N–H and O–H groups in total. The zero-order chi connectivity index (χ0) is 13.0. The summed E-state index contributed by atoms with van der Waals surface area (Å²) in [6.07, 6.45) is 2.19. The fourth-order valence-electron chi connectivity index (χ4n) is 2.33. The highest BCUT2D eigenvalue weighted by Gasteiger charge is 2.09. The van der Waals surface area contributed by atoms with Gasteiger partial charge in [-0.05, 0) is 31.0 Å². The lowest BCUT2D eigenvalue weighted by atomic mass is 10.1. The Morgan fingerprint density at radius 1 is 1.22 bits per heavy atom. The number of fused-ring (bicyclic) bond motifs is 1. The lowest BCUT2D eigenvalue weighted by Gasteiger charge is -2.18. The van der Waals surface area contributed by atoms with Gasteiger partial charge in [-0.2, -0.15) is 0 Å². The zero-order valence-electron chi connectivity index (χ0n) is 11.0. The molecule has 3 nitrogen and oxygen atoms in total. The third-order valence-electron chi connectivity index (χ3n) is 3.35. The number of likely N-dealkylation sites (N-methyl/N-ethyl adjacent to an activating group) is 1. The van der Waals surface area contributed by atoms with Crippen molar-refractivity contribution in [3.8, 4) is 0 Å². The molecule has 0 spiro atoms. The Labute approximate surface area is 107 Å². The van der Waals surface area contributed by atoms with Crippen LogP contribution in [-0.4, -0.2) is 17.7 Å². The molecule has 3 heteroatoms. The molecule has 0 saturated heterocycles. The molecule has 0 saturated carbocycles. The molecule has 2 aromatic rings. The summed E-state index contributed by atoms with van der Waals surface area (Å²) in [6.45, 7) is 2.89. The number of pyridine rings is 1. The van der Waals surface area contributed by atoms with E-state index in [4.69, 9.17) is 0 Å². The summed E-state index contributed by atoms with van der Waals surface area (Å²) in [5, 5.41) is 4.40. The number of rotatable bonds is 5. The Balaban J connectivity index is 2.42. The van der Waals surface area contributed by atoms with Crippen LogP contribution in [0.25, 0.3) is 10.9 Å². The fraction of sp³-hybridized carbons (Fsp3) is 0.400. The molecule has 0 radical (unpaired) electrons. The van der Waals surface area contributed by atoms with Gasteiger partial charge in [0.2, 0.25) is 0 Å². The van der Waals surface area contributed by atoms with Gasteiger partial charge < -0.3 is 9.88 Å². The van der Waals surface area contributed by atoms with Gasteiger partial charge in [-0.25, -0.2) is 0 Å². The number of hydrogen-bond acceptors (Lipinski definition) is 2. The average Bonchev–Trinajstić information content (AvgIpc) is 2.41. The second kappa shape index (κ2) is 5.83. The first-order chi connectivity index (χ1) is 8.76. The normalized spacial score (nSPS) is 12.8. The van der Waals surface area contributed by atoms with E-state index >= 15 is 0 Å². The molecule has 0 bridgehead atoms. The third kappa shape index (κ3) is 2.62. The Hall–Kier alpha value is -1.61. The zero-order valence-corrected chi connectivity index (χ0v) is 11.0. The Bertz CT molecular complexity index is 574. The van der Waals surface area contributed by atoms with Gasteiger partial charge in [0.05, 0.1) is 5.52 Å². The van der Waals surface area contributed by atoms with E-state index in [9.17, 15) is 4.79 Å². The monoisotopic (exact) mass is 244 g/mol. The molecule has 2 rings (SSSR count). The van der Waals surface area contributed by atoms with Crippen LogP contribution in [0.4, 0.5) is 0 Å². The molecule has 0 aliphatic carbocycles. The molecule has 1 aromatic carbocycles. The second-order valence-electron chi connectivity index (χ2n) is 4.62. The van der Waals surface area contributed by atoms with Gasteiger partial charge in [0.1, 0.15) is 0 Å². The molecule has 96 valence electrons. The van der Waals surface area contributed by atoms with Gasteiger partial charge in [0.15, 0.2) is 0 Å². The van der Waals surface area contributed by atoms with Gasteiger partial charge in [0.25, 0.3) is 5.56 Å². The molecule has 1 aromatic heterocycles. The minimum Gasteiger partial charge on any atom is -0.315 e. The molecular formula is C15H20N2O. The molecule has 1 unspecified atom stereocenters. The SMILES string of the molecule is CCCC(Cn1c(=O)ccc2ccccc21)NC. The van der Waals surface area contributed by atoms with Crippen LogP contribution >= 0.6 is 0 Å². The molecular weight excluding hydrogens is 224 g/mol. The highest BCUT2D eigenvalue weighted by Crippen LogP contribution is 2.12. The smallest absolute Gasteiger partial charge is 0.251 e. The van der Waals surface area contributed by atoms with Gasteiger partial charge in [-0.1, -0.05) is 31.5 Å². The second-order valence-corrected chi connectivity index (χ2v) is 4.62. The summed E-state index contributed by atoms with van der Waals surface area (Å²) in [7, 11) is 1.95. The number of hydrogen-bond donors (Lipinski definition) is 1. The van der Waals surface area contributed by atoms with Crippen LogP contribution in [0.3, 0.4) is 0 Å². The van der Waals surface area contributed by atoms with Crippen LogP contribution in [-0.2, 0) is 6.54 Å². The number of benzene rings is 1. The average molecular weight is 244 g/mol. The molecule has 18 heavy (non-hydrogen) atoms. The van der Waals surface area contributed by atoms with Crippen LogP contribution < -0.4 is 10.9 Å². The van der Waals surface area contributed by atoms with E-state index in [1.54, 1.807) is 6.07 Å². The summed E-state index contributed by atoms with van der Waals surface area (Å²) in [4.78, 5) is 12.0. The summed E-state index contributed by atoms with van der Waals surface area (Å²) < 4.78 is 1.87. The highest BCUT2D eigenvalue weighted by atomic mass is 16.1. The van der Waals surface area contributed by atoms with Crippen LogP contribution in [0, 0.1) is 0 Å². The maximum atomic E-state index is 12.0. The van der Waals surface area contributed by atoms with E-state index < -0.39 is 0 Å². The topological polar surface area (TPSA) is 34.0 Å². The Morgan fingerprint density at radius 2 is 2.00 bits per heavy atom. The molecule has 0 aliphatic heterocycles. The minimum atomic E-state index is 0.0741. The van der Waals surface area contributed by atoms with Crippen molar-refractivity contribution in [3.63, 3.8) is 0 Å². The summed E-state index contributed by atoms with van der Waals surface area (Å²) in [5.74, 6) is 0. The van der Waals surface area contributed by atoms with E-state index in [2.05, 4.69) is 12.2 Å². The number of para-hydroxylation sites is 1. The van der Waals surface area contributed by atoms with Crippen LogP contribution in [0.1, 0.15) is 19.8 Å². The van der Waals surface area contributed by atoms with E-state index in [-0.39, 0.29) is 5.56 Å². The maximum Gasteiger partial charge on any atom is 0.251 e. The molecule has 0 fully saturated rings. The van der Waals surface area contributed by atoms with Crippen LogP contribution in [0.15, 0.2) is 41.2 Å². The van der Waals surface area contributed by atoms with Crippen molar-refractivity contribution < 1.29 is 0 Å². The number of nitrogens with zero attached hydrogens (tertiary/aromatic N) is 1. The van der Waals surface area contributed by atoms with Gasteiger partial charge in [-0.15, -0.1) is 0 Å². The van der Waals surface area contributed by atoms with Crippen molar-refractivity contribution in [2.75, 3.05) is 7.05 Å². The van der Waals surface area contributed by atoms with Crippen molar-refractivity contribution in [1.29, 1.82) is 0 Å². The van der Waals surface area contributed by atoms with Gasteiger partial charge in [-0.3, -0.25) is 4.79 Å². The molecule has 0 aliphatic rings. The largest absolute Gasteiger partial charge is 0.315 e. The third-order valence-corrected chi connectivity index (χ3v) is 3.35. The van der Waals surface area contributed by atoms with E-state index in [1.165, 1.54) is 0 Å². The predicted molar refractivity (Wildman–Crippen MR) is 76.0 cm³/mol. The summed E-state index contributed by atoms with van der Waals surface area (Å²) in [6, 6.07) is 11.9. The lowest BCUT2D eigenvalue weighted by Crippen LogP contribution is -2.34. The first-order valence-corrected chi connectivity index (χ1v) is 6.52. The maximum absolute atomic E-state index is 12.0. The predicted octanol–water partition coefficient (Wildman–Crippen LogP) is 2.39. The van der Waals surface area contributed by atoms with E-state index in [0.717, 1.165) is 30.3 Å². The molecule has 0 amide bonds. The van der Waals surface area contributed by atoms with Gasteiger partial charge >= 0.3 is 0 Å². The number of nitrogens with one attached hydrogen (secondary N) is 1. The summed E-state index contributed by atoms with van der Waals surface area (Å²) in [5.41, 5.74) is 1.09. The minimum absolute atomic E-state index is 0.0741. The molecule has 1 atom stereocenters. The standard InChI is InChI=1S/C15H20N2O/c1-3-6-13(16-2)11-17-14-8-5-4-7-12(14)9-10-15(17)18/h4-5,7-10,13,16H,3,6,11H2,1-2H3. The Morgan fingerprint density at radius 3 is 2.72 bits per heavy atom. The molecule has 1 heterocycles. The van der Waals surface area contributed by atoms with Crippen molar-refractivity contribution in [2.24, 2.45) is 0 Å². The van der Waals surface area contributed by atoms with Crippen molar-refractivity contribution in [1.82, 2.24) is 9.88 Å². The van der Waals surface area contributed by atoms with Crippen molar-refractivity contribution >= 4 is 10.9 Å². The first-order valence-electron chi connectivity index (χ1n) is 6.52. The van der Waals surface area contributed by atoms with Crippen LogP contribution in [0.5, 0.6) is 0 Å². The fourth-order valence-corrected chi connectivity index (χ4v) is 2.33.